The third kappa shape index (κ3) is 3.94. The highest BCUT2D eigenvalue weighted by molar-refractivity contribution is 9.10. The van der Waals surface area contributed by atoms with E-state index < -0.39 is 0 Å². The molecule has 6 nitrogen and oxygen atoms in total. The molecule has 0 aliphatic carbocycles. The molecule has 1 saturated heterocycles. The fourth-order valence-electron chi connectivity index (χ4n) is 3.12. The maximum Gasteiger partial charge on any atom is 0.225 e. The molecular formula is C17H18BrClN6. The first-order valence-corrected chi connectivity index (χ1v) is 9.42. The number of halogens is 2. The molecule has 0 atom stereocenters. The predicted octanol–water partition coefficient (Wildman–Crippen LogP) is 3.25. The summed E-state index contributed by atoms with van der Waals surface area (Å²) in [6, 6.07) is 3.82. The quantitative estimate of drug-likeness (QED) is 0.650. The molecule has 4 rings (SSSR count). The number of imidazole rings is 1. The lowest BCUT2D eigenvalue weighted by atomic mass is 10.3. The SMILES string of the molecule is Clc1ccc2nc(CN3CCCN(c4ncc(Br)cn4)CC3)cn2c1. The monoisotopic (exact) mass is 420 g/mol. The minimum Gasteiger partial charge on any atom is -0.339 e. The molecule has 130 valence electrons. The molecule has 0 N–H and O–H groups in total. The number of fused-ring (bicyclic) bond motifs is 1. The van der Waals surface area contributed by atoms with Crippen molar-refractivity contribution in [3.05, 3.63) is 52.1 Å². The predicted molar refractivity (Wildman–Crippen MR) is 102 cm³/mol. The molecule has 3 aromatic heterocycles. The number of aromatic nitrogens is 4. The molecular weight excluding hydrogens is 404 g/mol. The van der Waals surface area contributed by atoms with Crippen LogP contribution in [0.5, 0.6) is 0 Å². The van der Waals surface area contributed by atoms with Crippen LogP contribution < -0.4 is 4.90 Å². The van der Waals surface area contributed by atoms with Crippen LogP contribution in [0.15, 0.2) is 41.4 Å². The standard InChI is InChI=1S/C17H18BrClN6/c18-13-8-20-17(21-9-13)24-5-1-4-23(6-7-24)11-15-12-25-10-14(19)2-3-16(25)22-15/h2-3,8-10,12H,1,4-7,11H2. The zero-order valence-electron chi connectivity index (χ0n) is 13.6. The lowest BCUT2D eigenvalue weighted by Crippen LogP contribution is -2.31. The summed E-state index contributed by atoms with van der Waals surface area (Å²) in [5.41, 5.74) is 2.00. The van der Waals surface area contributed by atoms with E-state index in [4.69, 9.17) is 11.6 Å². The first kappa shape index (κ1) is 16.8. The van der Waals surface area contributed by atoms with Gasteiger partial charge in [0, 0.05) is 57.5 Å². The van der Waals surface area contributed by atoms with E-state index in [0.717, 1.165) is 65.9 Å². The highest BCUT2D eigenvalue weighted by Gasteiger charge is 2.18. The lowest BCUT2D eigenvalue weighted by Gasteiger charge is -2.21. The second kappa shape index (κ2) is 7.27. The molecule has 1 aliphatic rings. The van der Waals surface area contributed by atoms with E-state index in [9.17, 15) is 0 Å². The Morgan fingerprint density at radius 3 is 2.72 bits per heavy atom. The molecule has 8 heteroatoms. The maximum absolute atomic E-state index is 6.05. The van der Waals surface area contributed by atoms with Crippen molar-refractivity contribution in [1.29, 1.82) is 0 Å². The summed E-state index contributed by atoms with van der Waals surface area (Å²) in [4.78, 5) is 18.2. The average molecular weight is 422 g/mol. The summed E-state index contributed by atoms with van der Waals surface area (Å²) < 4.78 is 2.89. The summed E-state index contributed by atoms with van der Waals surface area (Å²) >= 11 is 9.43. The Morgan fingerprint density at radius 2 is 1.88 bits per heavy atom. The normalized spacial score (nSPS) is 16.3. The van der Waals surface area contributed by atoms with Gasteiger partial charge in [-0.15, -0.1) is 0 Å². The Hall–Kier alpha value is -1.70. The number of hydrogen-bond donors (Lipinski definition) is 0. The van der Waals surface area contributed by atoms with Crippen LogP contribution >= 0.6 is 27.5 Å². The van der Waals surface area contributed by atoms with Gasteiger partial charge in [-0.1, -0.05) is 11.6 Å². The van der Waals surface area contributed by atoms with Crippen molar-refractivity contribution < 1.29 is 0 Å². The lowest BCUT2D eigenvalue weighted by molar-refractivity contribution is 0.282. The van der Waals surface area contributed by atoms with Crippen LogP contribution in [0.25, 0.3) is 5.65 Å². The second-order valence-corrected chi connectivity index (χ2v) is 7.52. The number of anilines is 1. The molecule has 0 spiro atoms. The Labute approximate surface area is 159 Å². The number of hydrogen-bond acceptors (Lipinski definition) is 5. The van der Waals surface area contributed by atoms with Crippen LogP contribution in [0, 0.1) is 0 Å². The average Bonchev–Trinajstić information content (AvgIpc) is 2.84. The van der Waals surface area contributed by atoms with Crippen LogP contribution in [0.1, 0.15) is 12.1 Å². The van der Waals surface area contributed by atoms with Crippen molar-refractivity contribution in [3.8, 4) is 0 Å². The largest absolute Gasteiger partial charge is 0.339 e. The molecule has 1 fully saturated rings. The van der Waals surface area contributed by atoms with E-state index in [-0.39, 0.29) is 0 Å². The fourth-order valence-corrected chi connectivity index (χ4v) is 3.49. The van der Waals surface area contributed by atoms with Gasteiger partial charge in [-0.25, -0.2) is 15.0 Å². The van der Waals surface area contributed by atoms with Crippen LogP contribution in [-0.2, 0) is 6.54 Å². The van der Waals surface area contributed by atoms with E-state index in [0.29, 0.717) is 0 Å². The molecule has 25 heavy (non-hydrogen) atoms. The molecule has 0 bridgehead atoms. The molecule has 0 aromatic carbocycles. The van der Waals surface area contributed by atoms with E-state index in [1.807, 2.05) is 22.7 Å². The van der Waals surface area contributed by atoms with E-state index >= 15 is 0 Å². The Balaban J connectivity index is 1.42. The highest BCUT2D eigenvalue weighted by atomic mass is 79.9. The van der Waals surface area contributed by atoms with Crippen molar-refractivity contribution in [3.63, 3.8) is 0 Å². The van der Waals surface area contributed by atoms with E-state index in [1.54, 1.807) is 12.4 Å². The van der Waals surface area contributed by atoms with Gasteiger partial charge in [0.1, 0.15) is 5.65 Å². The van der Waals surface area contributed by atoms with Crippen molar-refractivity contribution in [2.24, 2.45) is 0 Å². The summed E-state index contributed by atoms with van der Waals surface area (Å²) in [5.74, 6) is 0.799. The van der Waals surface area contributed by atoms with Crippen LogP contribution in [0.2, 0.25) is 5.02 Å². The fraction of sp³-hybridized carbons (Fsp3) is 0.353. The minimum absolute atomic E-state index is 0.719. The topological polar surface area (TPSA) is 49.6 Å². The van der Waals surface area contributed by atoms with Crippen LogP contribution in [0.3, 0.4) is 0 Å². The molecule has 0 amide bonds. The van der Waals surface area contributed by atoms with E-state index in [1.165, 1.54) is 0 Å². The van der Waals surface area contributed by atoms with Gasteiger partial charge >= 0.3 is 0 Å². The number of rotatable bonds is 3. The Kier molecular flexibility index (Phi) is 4.87. The van der Waals surface area contributed by atoms with Crippen molar-refractivity contribution in [2.75, 3.05) is 31.1 Å². The first-order chi connectivity index (χ1) is 12.2. The molecule has 4 heterocycles. The minimum atomic E-state index is 0.719. The van der Waals surface area contributed by atoms with Gasteiger partial charge in [0.2, 0.25) is 5.95 Å². The van der Waals surface area contributed by atoms with Gasteiger partial charge in [-0.3, -0.25) is 4.90 Å². The molecule has 0 radical (unpaired) electrons. The maximum atomic E-state index is 6.05. The zero-order valence-corrected chi connectivity index (χ0v) is 16.0. The molecule has 3 aromatic rings. The van der Waals surface area contributed by atoms with Crippen LogP contribution in [-0.4, -0.2) is 50.4 Å². The summed E-state index contributed by atoms with van der Waals surface area (Å²) in [6.45, 7) is 4.74. The van der Waals surface area contributed by atoms with Gasteiger partial charge in [0.25, 0.3) is 0 Å². The Bertz CT molecular complexity index is 865. The van der Waals surface area contributed by atoms with Gasteiger partial charge in [-0.05, 0) is 34.5 Å². The molecule has 0 saturated carbocycles. The van der Waals surface area contributed by atoms with Crippen LogP contribution in [0.4, 0.5) is 5.95 Å². The molecule has 1 aliphatic heterocycles. The van der Waals surface area contributed by atoms with Gasteiger partial charge in [0.05, 0.1) is 15.2 Å². The van der Waals surface area contributed by atoms with Gasteiger partial charge in [-0.2, -0.15) is 0 Å². The smallest absolute Gasteiger partial charge is 0.225 e. The number of pyridine rings is 1. The third-order valence-corrected chi connectivity index (χ3v) is 4.96. The van der Waals surface area contributed by atoms with Crippen molar-refractivity contribution in [2.45, 2.75) is 13.0 Å². The van der Waals surface area contributed by atoms with E-state index in [2.05, 4.69) is 46.9 Å². The van der Waals surface area contributed by atoms with Gasteiger partial charge < -0.3 is 9.30 Å². The highest BCUT2D eigenvalue weighted by Crippen LogP contribution is 2.16. The Morgan fingerprint density at radius 1 is 1.04 bits per heavy atom. The summed E-state index contributed by atoms with van der Waals surface area (Å²) in [5, 5.41) is 0.719. The third-order valence-electron chi connectivity index (χ3n) is 4.33. The second-order valence-electron chi connectivity index (χ2n) is 6.16. The number of nitrogens with zero attached hydrogens (tertiary/aromatic N) is 6. The zero-order chi connectivity index (χ0) is 17.2. The van der Waals surface area contributed by atoms with Crippen molar-refractivity contribution in [1.82, 2.24) is 24.3 Å². The molecule has 0 unspecified atom stereocenters. The summed E-state index contributed by atoms with van der Waals surface area (Å²) in [7, 11) is 0. The van der Waals surface area contributed by atoms with Gasteiger partial charge in [0.15, 0.2) is 0 Å². The first-order valence-electron chi connectivity index (χ1n) is 8.25. The van der Waals surface area contributed by atoms with Crippen molar-refractivity contribution >= 4 is 39.1 Å². The summed E-state index contributed by atoms with van der Waals surface area (Å²) in [6.07, 6.45) is 8.63.